The predicted octanol–water partition coefficient (Wildman–Crippen LogP) is 3.19. The van der Waals surface area contributed by atoms with Gasteiger partial charge in [0.05, 0.1) is 19.6 Å². The normalized spacial score (nSPS) is 18.2. The van der Waals surface area contributed by atoms with Gasteiger partial charge in [-0.2, -0.15) is 0 Å². The molecule has 0 aliphatic carbocycles. The van der Waals surface area contributed by atoms with Gasteiger partial charge in [-0.1, -0.05) is 48.4 Å². The molecule has 4 rings (SSSR count). The Hall–Kier alpha value is -2.57. The number of nitrogens with zero attached hydrogens (tertiary/aromatic N) is 3. The lowest BCUT2D eigenvalue weighted by atomic mass is 9.96. The van der Waals surface area contributed by atoms with Crippen molar-refractivity contribution in [2.75, 3.05) is 45.8 Å². The summed E-state index contributed by atoms with van der Waals surface area (Å²) in [6.45, 7) is 6.77. The van der Waals surface area contributed by atoms with Gasteiger partial charge in [-0.3, -0.25) is 14.5 Å². The minimum Gasteiger partial charge on any atom is -0.346 e. The summed E-state index contributed by atoms with van der Waals surface area (Å²) < 4.78 is 4.60. The maximum atomic E-state index is 12.7. The number of hydrogen-bond donors (Lipinski definition) is 2. The van der Waals surface area contributed by atoms with Gasteiger partial charge >= 0.3 is 0 Å². The molecule has 2 aliphatic heterocycles. The molecule has 192 valence electrons. The van der Waals surface area contributed by atoms with E-state index >= 15 is 0 Å². The topological polar surface area (TPSA) is 67.9 Å². The fourth-order valence-corrected chi connectivity index (χ4v) is 6.34. The summed E-state index contributed by atoms with van der Waals surface area (Å²) in [5.74, 6) is 1.96. The number of carbonyl (C=O) groups is 2. The van der Waals surface area contributed by atoms with Crippen molar-refractivity contribution < 1.29 is 9.59 Å². The van der Waals surface area contributed by atoms with Gasteiger partial charge in [0.1, 0.15) is 0 Å². The maximum absolute atomic E-state index is 12.7. The average Bonchev–Trinajstić information content (AvgIpc) is 3.43. The van der Waals surface area contributed by atoms with Gasteiger partial charge in [0.15, 0.2) is 0 Å². The van der Waals surface area contributed by atoms with E-state index in [-0.39, 0.29) is 31.4 Å². The van der Waals surface area contributed by atoms with Crippen LogP contribution in [-0.4, -0.2) is 77.2 Å². The lowest BCUT2D eigenvalue weighted by Gasteiger charge is -2.41. The summed E-state index contributed by atoms with van der Waals surface area (Å²) in [5, 5.41) is 7.93. The number of fused-ring (bicyclic) bond motifs is 1. The molecule has 8 heteroatoms. The first-order chi connectivity index (χ1) is 17.5. The number of carbonyl (C=O) groups excluding carboxylic acids is 2. The van der Waals surface area contributed by atoms with Gasteiger partial charge in [0.2, 0.25) is 11.8 Å². The molecule has 2 aliphatic rings. The van der Waals surface area contributed by atoms with Gasteiger partial charge < -0.3 is 10.6 Å². The summed E-state index contributed by atoms with van der Waals surface area (Å²) in [6, 6.07) is 15.8. The Morgan fingerprint density at radius 1 is 1.06 bits per heavy atom. The number of hydrogen-bond acceptors (Lipinski definition) is 6. The first kappa shape index (κ1) is 26.5. The SMILES string of the molecule is C#CCNC(=O)CNC(=O)CN(SN1CCCC1)C1CCN(C(C)c2cccc3ccccc23)CC1. The second kappa shape index (κ2) is 13.1. The molecule has 0 saturated carbocycles. The summed E-state index contributed by atoms with van der Waals surface area (Å²) in [7, 11) is 0. The third-order valence-corrected chi connectivity index (χ3v) is 8.38. The molecule has 1 unspecified atom stereocenters. The Balaban J connectivity index is 1.35. The van der Waals surface area contributed by atoms with Crippen LogP contribution in [0.15, 0.2) is 42.5 Å². The van der Waals surface area contributed by atoms with E-state index < -0.39 is 0 Å². The standard InChI is InChI=1S/C28H37N5O2S/c1-3-15-29-27(34)20-30-28(35)21-33(36-32-16-6-7-17-32)24-13-18-31(19-14-24)22(2)25-12-8-10-23-9-4-5-11-26(23)25/h1,4-5,8-12,22,24H,6-7,13-21H2,2H3,(H,29,34)(H,30,35). The molecule has 2 fully saturated rings. The molecule has 0 radical (unpaired) electrons. The average molecular weight is 508 g/mol. The molecule has 0 aromatic heterocycles. The van der Waals surface area contributed by atoms with Crippen LogP contribution in [0.2, 0.25) is 0 Å². The van der Waals surface area contributed by atoms with Crippen LogP contribution in [0.1, 0.15) is 44.2 Å². The summed E-state index contributed by atoms with van der Waals surface area (Å²) in [6.07, 6.45) is 9.58. The van der Waals surface area contributed by atoms with Gasteiger partial charge in [0, 0.05) is 50.4 Å². The highest BCUT2D eigenvalue weighted by Crippen LogP contribution is 2.33. The third-order valence-electron chi connectivity index (χ3n) is 7.15. The van der Waals surface area contributed by atoms with E-state index in [0.29, 0.717) is 12.1 Å². The molecule has 1 atom stereocenters. The first-order valence-corrected chi connectivity index (χ1v) is 13.7. The van der Waals surface area contributed by atoms with Crippen molar-refractivity contribution in [1.82, 2.24) is 24.1 Å². The van der Waals surface area contributed by atoms with Crippen LogP contribution in [0.4, 0.5) is 0 Å². The summed E-state index contributed by atoms with van der Waals surface area (Å²) in [5.41, 5.74) is 1.37. The molecule has 2 heterocycles. The zero-order chi connectivity index (χ0) is 25.3. The Morgan fingerprint density at radius 3 is 2.53 bits per heavy atom. The highest BCUT2D eigenvalue weighted by molar-refractivity contribution is 7.94. The van der Waals surface area contributed by atoms with Crippen molar-refractivity contribution >= 4 is 34.7 Å². The second-order valence-corrected chi connectivity index (χ2v) is 10.7. The van der Waals surface area contributed by atoms with Crippen molar-refractivity contribution in [2.45, 2.75) is 44.7 Å². The second-order valence-electron chi connectivity index (χ2n) is 9.56. The third kappa shape index (κ3) is 7.01. The van der Waals surface area contributed by atoms with E-state index in [1.807, 2.05) is 0 Å². The molecule has 7 nitrogen and oxygen atoms in total. The fraction of sp³-hybridized carbons (Fsp3) is 0.500. The van der Waals surface area contributed by atoms with Crippen molar-refractivity contribution in [3.63, 3.8) is 0 Å². The Labute approximate surface area is 219 Å². The van der Waals surface area contributed by atoms with E-state index in [2.05, 4.69) is 79.5 Å². The number of likely N-dealkylation sites (tertiary alicyclic amines) is 1. The van der Waals surface area contributed by atoms with Gasteiger partial charge in [-0.05, 0) is 48.9 Å². The lowest BCUT2D eigenvalue weighted by Crippen LogP contribution is -2.48. The van der Waals surface area contributed by atoms with Gasteiger partial charge in [-0.25, -0.2) is 8.61 Å². The molecule has 2 aromatic rings. The quantitative estimate of drug-likeness (QED) is 0.380. The van der Waals surface area contributed by atoms with Crippen LogP contribution in [0.5, 0.6) is 0 Å². The van der Waals surface area contributed by atoms with Crippen LogP contribution in [0, 0.1) is 12.3 Å². The Kier molecular flexibility index (Phi) is 9.65. The first-order valence-electron chi connectivity index (χ1n) is 12.9. The highest BCUT2D eigenvalue weighted by atomic mass is 32.2. The number of benzene rings is 2. The van der Waals surface area contributed by atoms with E-state index in [4.69, 9.17) is 6.42 Å². The number of piperidine rings is 1. The van der Waals surface area contributed by atoms with Crippen molar-refractivity contribution in [3.8, 4) is 12.3 Å². The van der Waals surface area contributed by atoms with Crippen LogP contribution in [0.3, 0.4) is 0 Å². The Bertz CT molecular complexity index is 1070. The Morgan fingerprint density at radius 2 is 1.78 bits per heavy atom. The molecule has 36 heavy (non-hydrogen) atoms. The predicted molar refractivity (Wildman–Crippen MR) is 147 cm³/mol. The van der Waals surface area contributed by atoms with Crippen LogP contribution in [-0.2, 0) is 9.59 Å². The van der Waals surface area contributed by atoms with Gasteiger partial charge in [0.25, 0.3) is 0 Å². The molecule has 0 spiro atoms. The van der Waals surface area contributed by atoms with Crippen molar-refractivity contribution in [2.24, 2.45) is 0 Å². The minimum atomic E-state index is -0.268. The molecule has 0 bridgehead atoms. The highest BCUT2D eigenvalue weighted by Gasteiger charge is 2.31. The van der Waals surface area contributed by atoms with Crippen molar-refractivity contribution in [3.05, 3.63) is 48.0 Å². The molecule has 2 saturated heterocycles. The molecule has 2 aromatic carbocycles. The number of terminal acetylenes is 1. The number of nitrogens with one attached hydrogen (secondary N) is 2. The smallest absolute Gasteiger partial charge is 0.240 e. The molecule has 2 N–H and O–H groups in total. The summed E-state index contributed by atoms with van der Waals surface area (Å²) >= 11 is 1.70. The summed E-state index contributed by atoms with van der Waals surface area (Å²) in [4.78, 5) is 27.1. The minimum absolute atomic E-state index is 0.0519. The van der Waals surface area contributed by atoms with E-state index in [9.17, 15) is 9.59 Å². The monoisotopic (exact) mass is 507 g/mol. The molecular formula is C28H37N5O2S. The number of rotatable bonds is 10. The maximum Gasteiger partial charge on any atom is 0.240 e. The van der Waals surface area contributed by atoms with Crippen LogP contribution < -0.4 is 10.6 Å². The van der Waals surface area contributed by atoms with E-state index in [1.165, 1.54) is 29.2 Å². The lowest BCUT2D eigenvalue weighted by molar-refractivity contribution is -0.126. The van der Waals surface area contributed by atoms with Crippen LogP contribution in [0.25, 0.3) is 10.8 Å². The van der Waals surface area contributed by atoms with Crippen LogP contribution >= 0.6 is 12.1 Å². The fourth-order valence-electron chi connectivity index (χ4n) is 5.10. The zero-order valence-electron chi connectivity index (χ0n) is 21.1. The molecular weight excluding hydrogens is 470 g/mol. The number of amides is 2. The molecule has 2 amide bonds. The van der Waals surface area contributed by atoms with E-state index in [1.54, 1.807) is 12.1 Å². The zero-order valence-corrected chi connectivity index (χ0v) is 21.9. The largest absolute Gasteiger partial charge is 0.346 e. The van der Waals surface area contributed by atoms with E-state index in [0.717, 1.165) is 39.0 Å². The van der Waals surface area contributed by atoms with Gasteiger partial charge in [-0.15, -0.1) is 6.42 Å². The van der Waals surface area contributed by atoms with Crippen molar-refractivity contribution in [1.29, 1.82) is 0 Å².